The van der Waals surface area contributed by atoms with Crippen LogP contribution in [0, 0.1) is 16.0 Å². The van der Waals surface area contributed by atoms with Crippen molar-refractivity contribution < 1.29 is 9.66 Å². The quantitative estimate of drug-likeness (QED) is 0.205. The number of hydrogen-bond donors (Lipinski definition) is 1. The minimum Gasteiger partial charge on any atom is -0.491 e. The Kier molecular flexibility index (Phi) is 5.63. The zero-order chi connectivity index (χ0) is 21.9. The van der Waals surface area contributed by atoms with Gasteiger partial charge < -0.3 is 10.1 Å². The third-order valence-corrected chi connectivity index (χ3v) is 6.54. The number of anilines is 1. The fourth-order valence-corrected chi connectivity index (χ4v) is 5.04. The highest BCUT2D eigenvalue weighted by Crippen LogP contribution is 2.53. The highest BCUT2D eigenvalue weighted by Gasteiger charge is 2.41. The molecule has 2 aliphatic rings. The number of hydrogen-bond acceptors (Lipinski definition) is 4. The van der Waals surface area contributed by atoms with Crippen LogP contribution in [0.1, 0.15) is 41.5 Å². The predicted molar refractivity (Wildman–Crippen MR) is 126 cm³/mol. The van der Waals surface area contributed by atoms with Crippen LogP contribution in [0.3, 0.4) is 0 Å². The Morgan fingerprint density at radius 2 is 1.75 bits per heavy atom. The molecule has 32 heavy (non-hydrogen) atoms. The molecule has 1 aliphatic carbocycles. The van der Waals surface area contributed by atoms with Crippen molar-refractivity contribution in [2.24, 2.45) is 5.92 Å². The van der Waals surface area contributed by atoms with E-state index < -0.39 is 0 Å². The van der Waals surface area contributed by atoms with Gasteiger partial charge in [-0.15, -0.1) is 0 Å². The van der Waals surface area contributed by atoms with Crippen LogP contribution in [0.15, 0.2) is 84.9 Å². The summed E-state index contributed by atoms with van der Waals surface area (Å²) in [6, 6.07) is 23.5. The first-order valence-electron chi connectivity index (χ1n) is 11.2. The summed E-state index contributed by atoms with van der Waals surface area (Å²) in [7, 11) is 0. The molecule has 0 fully saturated rings. The molecule has 3 aromatic rings. The Hall–Kier alpha value is -3.60. The largest absolute Gasteiger partial charge is 0.491 e. The van der Waals surface area contributed by atoms with E-state index in [0.29, 0.717) is 6.61 Å². The van der Waals surface area contributed by atoms with E-state index in [2.05, 4.69) is 47.8 Å². The molecular formula is C27H26N2O3. The van der Waals surface area contributed by atoms with Crippen LogP contribution in [-0.2, 0) is 6.42 Å². The standard InChI is InChI=1S/C27H26N2O3/c30-29(31)24-16-5-4-12-23(24)26-21-14-6-13-20(21)22-15-7-17-25(27(22)28-26)32-18-8-11-19-9-2-1-3-10-19/h1-7,9-10,12-13,15-17,20-21,26,28H,8,11,14,18H2. The van der Waals surface area contributed by atoms with Gasteiger partial charge in [0.2, 0.25) is 0 Å². The van der Waals surface area contributed by atoms with Gasteiger partial charge in [-0.2, -0.15) is 0 Å². The van der Waals surface area contributed by atoms with E-state index in [-0.39, 0.29) is 28.5 Å². The zero-order valence-corrected chi connectivity index (χ0v) is 17.8. The van der Waals surface area contributed by atoms with Crippen LogP contribution in [-0.4, -0.2) is 11.5 Å². The van der Waals surface area contributed by atoms with E-state index in [1.165, 1.54) is 11.1 Å². The molecular weight excluding hydrogens is 400 g/mol. The molecule has 0 spiro atoms. The maximum atomic E-state index is 11.7. The van der Waals surface area contributed by atoms with Gasteiger partial charge in [-0.3, -0.25) is 10.1 Å². The third-order valence-electron chi connectivity index (χ3n) is 6.54. The number of para-hydroxylation sites is 2. The van der Waals surface area contributed by atoms with E-state index in [0.717, 1.165) is 36.3 Å². The molecule has 0 bridgehead atoms. The van der Waals surface area contributed by atoms with E-state index in [4.69, 9.17) is 4.74 Å². The van der Waals surface area contributed by atoms with Crippen molar-refractivity contribution in [3.63, 3.8) is 0 Å². The second kappa shape index (κ2) is 8.87. The van der Waals surface area contributed by atoms with Crippen molar-refractivity contribution in [3.8, 4) is 5.75 Å². The smallest absolute Gasteiger partial charge is 0.274 e. The lowest BCUT2D eigenvalue weighted by molar-refractivity contribution is -0.385. The van der Waals surface area contributed by atoms with E-state index in [1.54, 1.807) is 12.1 Å². The van der Waals surface area contributed by atoms with Gasteiger partial charge in [-0.1, -0.05) is 72.8 Å². The number of nitrogens with one attached hydrogen (secondary N) is 1. The summed E-state index contributed by atoms with van der Waals surface area (Å²) in [5, 5.41) is 15.3. The normalized spacial score (nSPS) is 20.8. The van der Waals surface area contributed by atoms with E-state index in [9.17, 15) is 10.1 Å². The maximum Gasteiger partial charge on any atom is 0.274 e. The molecule has 5 heteroatoms. The molecule has 1 heterocycles. The number of fused-ring (bicyclic) bond motifs is 3. The van der Waals surface area contributed by atoms with Crippen molar-refractivity contribution in [3.05, 3.63) is 112 Å². The third kappa shape index (κ3) is 3.86. The molecule has 3 atom stereocenters. The molecule has 0 radical (unpaired) electrons. The molecule has 5 rings (SSSR count). The summed E-state index contributed by atoms with van der Waals surface area (Å²) in [4.78, 5) is 11.4. The second-order valence-corrected chi connectivity index (χ2v) is 8.45. The Morgan fingerprint density at radius 3 is 2.59 bits per heavy atom. The molecule has 1 N–H and O–H groups in total. The fraction of sp³-hybridized carbons (Fsp3) is 0.259. The lowest BCUT2D eigenvalue weighted by Crippen LogP contribution is -2.30. The lowest BCUT2D eigenvalue weighted by Gasteiger charge is -2.38. The van der Waals surface area contributed by atoms with E-state index >= 15 is 0 Å². The van der Waals surface area contributed by atoms with E-state index in [1.807, 2.05) is 30.3 Å². The first-order chi connectivity index (χ1) is 15.7. The number of allylic oxidation sites excluding steroid dienone is 2. The molecule has 3 unspecified atom stereocenters. The predicted octanol–water partition coefficient (Wildman–Crippen LogP) is 6.43. The molecule has 1 aliphatic heterocycles. The van der Waals surface area contributed by atoms with Gasteiger partial charge in [0.25, 0.3) is 5.69 Å². The van der Waals surface area contributed by atoms with Crippen molar-refractivity contribution in [1.29, 1.82) is 0 Å². The van der Waals surface area contributed by atoms with Crippen LogP contribution < -0.4 is 10.1 Å². The number of aryl methyl sites for hydroxylation is 1. The summed E-state index contributed by atoms with van der Waals surface area (Å²) in [5.74, 6) is 1.29. The highest BCUT2D eigenvalue weighted by atomic mass is 16.6. The van der Waals surface area contributed by atoms with Crippen molar-refractivity contribution >= 4 is 11.4 Å². The Labute approximate surface area is 187 Å². The first-order valence-corrected chi connectivity index (χ1v) is 11.2. The summed E-state index contributed by atoms with van der Waals surface area (Å²) in [6.07, 6.45) is 7.23. The van der Waals surface area contributed by atoms with Crippen LogP contribution in [0.4, 0.5) is 11.4 Å². The molecule has 5 nitrogen and oxygen atoms in total. The fourth-order valence-electron chi connectivity index (χ4n) is 5.04. The summed E-state index contributed by atoms with van der Waals surface area (Å²) in [6.45, 7) is 0.618. The maximum absolute atomic E-state index is 11.7. The lowest BCUT2D eigenvalue weighted by atomic mass is 9.76. The van der Waals surface area contributed by atoms with Gasteiger partial charge in [-0.25, -0.2) is 0 Å². The second-order valence-electron chi connectivity index (χ2n) is 8.45. The Balaban J connectivity index is 1.40. The van der Waals surface area contributed by atoms with Gasteiger partial charge in [0, 0.05) is 12.0 Å². The summed E-state index contributed by atoms with van der Waals surface area (Å²) >= 11 is 0. The van der Waals surface area contributed by atoms with Crippen LogP contribution in [0.25, 0.3) is 0 Å². The minimum atomic E-state index is -0.282. The number of benzene rings is 3. The van der Waals surface area contributed by atoms with Crippen molar-refractivity contribution in [2.75, 3.05) is 11.9 Å². The van der Waals surface area contributed by atoms with Crippen LogP contribution >= 0.6 is 0 Å². The Morgan fingerprint density at radius 1 is 0.969 bits per heavy atom. The average molecular weight is 427 g/mol. The molecule has 162 valence electrons. The number of rotatable bonds is 7. The molecule has 0 saturated heterocycles. The molecule has 3 aromatic carbocycles. The Bertz CT molecular complexity index is 1140. The van der Waals surface area contributed by atoms with Crippen LogP contribution in [0.5, 0.6) is 5.75 Å². The zero-order valence-electron chi connectivity index (χ0n) is 17.8. The monoisotopic (exact) mass is 426 g/mol. The highest BCUT2D eigenvalue weighted by molar-refractivity contribution is 5.68. The van der Waals surface area contributed by atoms with Crippen molar-refractivity contribution in [1.82, 2.24) is 0 Å². The van der Waals surface area contributed by atoms with Gasteiger partial charge >= 0.3 is 0 Å². The van der Waals surface area contributed by atoms with Gasteiger partial charge in [0.15, 0.2) is 0 Å². The number of nitro groups is 1. The number of nitro benzene ring substituents is 1. The summed E-state index contributed by atoms with van der Waals surface area (Å²) in [5.41, 5.74) is 4.38. The molecule has 0 saturated carbocycles. The first kappa shape index (κ1) is 20.3. The van der Waals surface area contributed by atoms with Gasteiger partial charge in [0.1, 0.15) is 5.75 Å². The van der Waals surface area contributed by atoms with Crippen LogP contribution in [0.2, 0.25) is 0 Å². The number of ether oxygens (including phenoxy) is 1. The molecule has 0 amide bonds. The SMILES string of the molecule is O=[N+]([O-])c1ccccc1C1Nc2c(OCCCc3ccccc3)cccc2C2C=CCC21. The summed E-state index contributed by atoms with van der Waals surface area (Å²) < 4.78 is 6.22. The van der Waals surface area contributed by atoms with Crippen molar-refractivity contribution in [2.45, 2.75) is 31.2 Å². The van der Waals surface area contributed by atoms with Gasteiger partial charge in [-0.05, 0) is 42.4 Å². The number of nitrogens with zero attached hydrogens (tertiary/aromatic N) is 1. The van der Waals surface area contributed by atoms with Gasteiger partial charge in [0.05, 0.1) is 28.8 Å². The molecule has 0 aromatic heterocycles. The minimum absolute atomic E-state index is 0.141. The topological polar surface area (TPSA) is 64.4 Å². The average Bonchev–Trinajstić information content (AvgIpc) is 3.32.